The van der Waals surface area contributed by atoms with E-state index in [1.165, 1.54) is 18.7 Å². The Hall–Kier alpha value is -2.45. The van der Waals surface area contributed by atoms with Crippen LogP contribution in [0.25, 0.3) is 11.5 Å². The summed E-state index contributed by atoms with van der Waals surface area (Å²) >= 11 is 0. The van der Waals surface area contributed by atoms with Crippen LogP contribution in [0.4, 0.5) is 5.69 Å². The second-order valence-electron chi connectivity index (χ2n) is 5.65. The van der Waals surface area contributed by atoms with Crippen molar-refractivity contribution >= 4 is 15.7 Å². The van der Waals surface area contributed by atoms with Gasteiger partial charge in [0, 0.05) is 19.2 Å². The molecule has 0 saturated heterocycles. The van der Waals surface area contributed by atoms with E-state index in [0.29, 0.717) is 18.0 Å². The van der Waals surface area contributed by atoms with Gasteiger partial charge in [-0.3, -0.25) is 0 Å². The van der Waals surface area contributed by atoms with Gasteiger partial charge in [0.2, 0.25) is 21.8 Å². The zero-order valence-corrected chi connectivity index (χ0v) is 14.9. The summed E-state index contributed by atoms with van der Waals surface area (Å²) in [4.78, 5) is 0.142. The number of hydrogen-bond donors (Lipinski definition) is 2. The average molecular weight is 360 g/mol. The highest BCUT2D eigenvalue weighted by atomic mass is 32.2. The molecular formula is C17H20N4O3S. The van der Waals surface area contributed by atoms with E-state index < -0.39 is 10.0 Å². The first kappa shape index (κ1) is 17.4. The van der Waals surface area contributed by atoms with E-state index in [1.54, 1.807) is 19.1 Å². The van der Waals surface area contributed by atoms with Gasteiger partial charge >= 0.3 is 0 Å². The standard InChI is InChI=1S/C17H20N4O3S/c1-12-20-21-17(24-12)15-10-14(25(22,23)18-2)8-9-16(15)19-11-13-6-4-3-5-7-13/h4,6-10,18-19H,3,5,11H2,1-2H3. The highest BCUT2D eigenvalue weighted by Crippen LogP contribution is 2.30. The van der Waals surface area contributed by atoms with Gasteiger partial charge in [0.15, 0.2) is 0 Å². The second-order valence-corrected chi connectivity index (χ2v) is 7.54. The summed E-state index contributed by atoms with van der Waals surface area (Å²) in [7, 11) is -2.19. The third-order valence-electron chi connectivity index (χ3n) is 3.88. The van der Waals surface area contributed by atoms with Crippen molar-refractivity contribution in [2.45, 2.75) is 24.7 Å². The number of hydrogen-bond acceptors (Lipinski definition) is 6. The molecule has 3 rings (SSSR count). The fourth-order valence-corrected chi connectivity index (χ4v) is 3.30. The van der Waals surface area contributed by atoms with Crippen molar-refractivity contribution in [1.29, 1.82) is 0 Å². The van der Waals surface area contributed by atoms with E-state index in [0.717, 1.165) is 18.5 Å². The van der Waals surface area contributed by atoms with Crippen molar-refractivity contribution in [1.82, 2.24) is 14.9 Å². The topological polar surface area (TPSA) is 97.1 Å². The molecule has 132 valence electrons. The third-order valence-corrected chi connectivity index (χ3v) is 5.29. The van der Waals surface area contributed by atoms with E-state index >= 15 is 0 Å². The average Bonchev–Trinajstić information content (AvgIpc) is 3.07. The summed E-state index contributed by atoms with van der Waals surface area (Å²) < 4.78 is 32.0. The lowest BCUT2D eigenvalue weighted by atomic mass is 10.1. The molecule has 2 aromatic rings. The second kappa shape index (κ2) is 7.20. The monoisotopic (exact) mass is 360 g/mol. The number of allylic oxidation sites excluding steroid dienone is 2. The quantitative estimate of drug-likeness (QED) is 0.822. The van der Waals surface area contributed by atoms with Gasteiger partial charge in [-0.2, -0.15) is 0 Å². The largest absolute Gasteiger partial charge is 0.421 e. The number of nitrogens with zero attached hydrogens (tertiary/aromatic N) is 2. The van der Waals surface area contributed by atoms with E-state index in [1.807, 2.05) is 0 Å². The van der Waals surface area contributed by atoms with Crippen molar-refractivity contribution < 1.29 is 12.8 Å². The fourth-order valence-electron chi connectivity index (χ4n) is 2.54. The van der Waals surface area contributed by atoms with Gasteiger partial charge in [0.25, 0.3) is 0 Å². The number of anilines is 1. The number of rotatable bonds is 6. The van der Waals surface area contributed by atoms with Crippen LogP contribution in [-0.2, 0) is 10.0 Å². The van der Waals surface area contributed by atoms with Crippen LogP contribution in [0.3, 0.4) is 0 Å². The van der Waals surface area contributed by atoms with Crippen LogP contribution in [0.5, 0.6) is 0 Å². The van der Waals surface area contributed by atoms with Crippen LogP contribution in [0, 0.1) is 6.92 Å². The molecule has 0 radical (unpaired) electrons. The maximum Gasteiger partial charge on any atom is 0.249 e. The zero-order chi connectivity index (χ0) is 17.9. The van der Waals surface area contributed by atoms with Crippen molar-refractivity contribution in [3.05, 3.63) is 47.9 Å². The molecular weight excluding hydrogens is 340 g/mol. The maximum atomic E-state index is 12.1. The van der Waals surface area contributed by atoms with Gasteiger partial charge in [-0.25, -0.2) is 13.1 Å². The molecule has 0 spiro atoms. The zero-order valence-electron chi connectivity index (χ0n) is 14.1. The molecule has 2 N–H and O–H groups in total. The lowest BCUT2D eigenvalue weighted by molar-refractivity contribution is 0.533. The minimum Gasteiger partial charge on any atom is -0.421 e. The van der Waals surface area contributed by atoms with Crippen LogP contribution >= 0.6 is 0 Å². The van der Waals surface area contributed by atoms with E-state index in [-0.39, 0.29) is 10.8 Å². The summed E-state index contributed by atoms with van der Waals surface area (Å²) in [6.45, 7) is 2.32. The summed E-state index contributed by atoms with van der Waals surface area (Å²) in [5.41, 5.74) is 2.47. The Labute approximate surface area is 146 Å². The number of aromatic nitrogens is 2. The van der Waals surface area contributed by atoms with Crippen LogP contribution in [0.15, 0.2) is 51.3 Å². The van der Waals surface area contributed by atoms with Gasteiger partial charge < -0.3 is 9.73 Å². The van der Waals surface area contributed by atoms with Gasteiger partial charge in [0.1, 0.15) is 0 Å². The molecule has 1 aliphatic rings. The lowest BCUT2D eigenvalue weighted by Gasteiger charge is -2.13. The molecule has 8 heteroatoms. The van der Waals surface area contributed by atoms with Crippen molar-refractivity contribution in [2.75, 3.05) is 18.9 Å². The van der Waals surface area contributed by atoms with Gasteiger partial charge in [0.05, 0.1) is 10.5 Å². The summed E-state index contributed by atoms with van der Waals surface area (Å²) in [5.74, 6) is 0.696. The van der Waals surface area contributed by atoms with Crippen LogP contribution in [0.2, 0.25) is 0 Å². The van der Waals surface area contributed by atoms with Gasteiger partial charge in [-0.15, -0.1) is 10.2 Å². The van der Waals surface area contributed by atoms with Gasteiger partial charge in [-0.1, -0.05) is 18.2 Å². The van der Waals surface area contributed by atoms with Crippen molar-refractivity contribution in [2.24, 2.45) is 0 Å². The van der Waals surface area contributed by atoms with Crippen molar-refractivity contribution in [3.8, 4) is 11.5 Å². The SMILES string of the molecule is CNS(=O)(=O)c1ccc(NCC2=CCCC=C2)c(-c2nnc(C)o2)c1. The number of sulfonamides is 1. The Bertz CT molecular complexity index is 929. The number of aryl methyl sites for hydroxylation is 1. The normalized spacial score (nSPS) is 14.4. The van der Waals surface area contributed by atoms with E-state index in [9.17, 15) is 8.42 Å². The molecule has 1 heterocycles. The van der Waals surface area contributed by atoms with Crippen LogP contribution in [0.1, 0.15) is 18.7 Å². The highest BCUT2D eigenvalue weighted by Gasteiger charge is 2.18. The van der Waals surface area contributed by atoms with Crippen molar-refractivity contribution in [3.63, 3.8) is 0 Å². The molecule has 1 aliphatic carbocycles. The smallest absolute Gasteiger partial charge is 0.249 e. The molecule has 0 atom stereocenters. The molecule has 0 aliphatic heterocycles. The molecule has 0 saturated carbocycles. The predicted octanol–water partition coefficient (Wildman–Crippen LogP) is 2.64. The molecule has 25 heavy (non-hydrogen) atoms. The molecule has 1 aromatic heterocycles. The predicted molar refractivity (Wildman–Crippen MR) is 95.7 cm³/mol. The Kier molecular flexibility index (Phi) is 5.00. The molecule has 0 fully saturated rings. The molecule has 1 aromatic carbocycles. The minimum absolute atomic E-state index is 0.142. The third kappa shape index (κ3) is 3.97. The number of benzene rings is 1. The first-order chi connectivity index (χ1) is 12.0. The molecule has 7 nitrogen and oxygen atoms in total. The first-order valence-corrected chi connectivity index (χ1v) is 9.45. The Morgan fingerprint density at radius 2 is 2.08 bits per heavy atom. The maximum absolute atomic E-state index is 12.1. The summed E-state index contributed by atoms with van der Waals surface area (Å²) in [6.07, 6.45) is 8.51. The highest BCUT2D eigenvalue weighted by molar-refractivity contribution is 7.89. The Morgan fingerprint density at radius 1 is 1.24 bits per heavy atom. The fraction of sp³-hybridized carbons (Fsp3) is 0.294. The lowest BCUT2D eigenvalue weighted by Crippen LogP contribution is -2.18. The van der Waals surface area contributed by atoms with Gasteiger partial charge in [-0.05, 0) is 43.7 Å². The molecule has 0 unspecified atom stereocenters. The van der Waals surface area contributed by atoms with E-state index in [2.05, 4.69) is 38.5 Å². The Balaban J connectivity index is 1.96. The first-order valence-electron chi connectivity index (χ1n) is 7.97. The van der Waals surface area contributed by atoms with E-state index in [4.69, 9.17) is 4.42 Å². The Morgan fingerprint density at radius 3 is 2.72 bits per heavy atom. The minimum atomic E-state index is -3.56. The molecule has 0 bridgehead atoms. The molecule has 0 amide bonds. The van der Waals surface area contributed by atoms with Crippen LogP contribution in [-0.4, -0.2) is 32.2 Å². The summed E-state index contributed by atoms with van der Waals surface area (Å²) in [6, 6.07) is 4.80. The number of nitrogens with one attached hydrogen (secondary N) is 2. The summed E-state index contributed by atoms with van der Waals surface area (Å²) in [5, 5.41) is 11.2. The van der Waals surface area contributed by atoms with Crippen LogP contribution < -0.4 is 10.0 Å².